The number of carbonyl (C=O) groups excluding carboxylic acids is 1. The second-order valence-electron chi connectivity index (χ2n) is 6.93. The molecule has 0 atom stereocenters. The van der Waals surface area contributed by atoms with Crippen LogP contribution in [-0.4, -0.2) is 32.3 Å². The lowest BCUT2D eigenvalue weighted by Gasteiger charge is -2.28. The molecule has 3 rings (SSSR count). The van der Waals surface area contributed by atoms with Crippen LogP contribution in [-0.2, 0) is 4.79 Å². The lowest BCUT2D eigenvalue weighted by atomic mass is 9.93. The van der Waals surface area contributed by atoms with Gasteiger partial charge in [-0.15, -0.1) is 0 Å². The van der Waals surface area contributed by atoms with Crippen LogP contribution in [0.5, 0.6) is 0 Å². The molecule has 0 spiro atoms. The van der Waals surface area contributed by atoms with Crippen LogP contribution in [0.1, 0.15) is 53.8 Å². The Morgan fingerprint density at radius 1 is 1.20 bits per heavy atom. The summed E-state index contributed by atoms with van der Waals surface area (Å²) in [6.45, 7) is 3.91. The third-order valence-electron chi connectivity index (χ3n) is 4.83. The molecule has 0 radical (unpaired) electrons. The van der Waals surface area contributed by atoms with Crippen LogP contribution in [0.4, 0.5) is 0 Å². The fraction of sp³-hybridized carbons (Fsp3) is 0.421. The molecule has 132 valence electrons. The van der Waals surface area contributed by atoms with E-state index in [2.05, 4.69) is 10.4 Å². The van der Waals surface area contributed by atoms with Crippen LogP contribution < -0.4 is 5.32 Å². The van der Waals surface area contributed by atoms with Gasteiger partial charge in [-0.3, -0.25) is 9.59 Å². The Morgan fingerprint density at radius 2 is 1.84 bits per heavy atom. The average Bonchev–Trinajstić information content (AvgIpc) is 3.14. The Bertz CT molecular complexity index is 787. The van der Waals surface area contributed by atoms with Crippen LogP contribution in [0.3, 0.4) is 0 Å². The number of carbonyl (C=O) groups is 2. The van der Waals surface area contributed by atoms with Gasteiger partial charge >= 0.3 is 5.97 Å². The van der Waals surface area contributed by atoms with Gasteiger partial charge in [-0.05, 0) is 44.9 Å². The van der Waals surface area contributed by atoms with E-state index >= 15 is 0 Å². The molecule has 25 heavy (non-hydrogen) atoms. The smallest absolute Gasteiger partial charge is 0.305 e. The van der Waals surface area contributed by atoms with Gasteiger partial charge in [0.2, 0.25) is 0 Å². The van der Waals surface area contributed by atoms with Crippen molar-refractivity contribution in [1.82, 2.24) is 15.1 Å². The number of carboxylic acid groups (broad SMARTS) is 1. The number of nitrogens with one attached hydrogen (secondary N) is 1. The molecule has 1 amide bonds. The zero-order valence-electron chi connectivity index (χ0n) is 14.6. The van der Waals surface area contributed by atoms with Gasteiger partial charge < -0.3 is 10.4 Å². The first-order valence-corrected chi connectivity index (χ1v) is 8.57. The SMILES string of the molecule is Cc1ccc(-n2nc(C(=O)NC3(CC(=O)O)CCCC3)cc2C)cc1. The summed E-state index contributed by atoms with van der Waals surface area (Å²) in [5.74, 6) is -1.19. The average molecular weight is 341 g/mol. The molecular formula is C19H23N3O3. The highest BCUT2D eigenvalue weighted by Gasteiger charge is 2.38. The maximum Gasteiger partial charge on any atom is 0.305 e. The molecule has 1 fully saturated rings. The lowest BCUT2D eigenvalue weighted by Crippen LogP contribution is -2.48. The molecule has 0 unspecified atom stereocenters. The predicted molar refractivity (Wildman–Crippen MR) is 94.0 cm³/mol. The van der Waals surface area contributed by atoms with Crippen molar-refractivity contribution < 1.29 is 14.7 Å². The molecular weight excluding hydrogens is 318 g/mol. The highest BCUT2D eigenvalue weighted by molar-refractivity contribution is 5.93. The van der Waals surface area contributed by atoms with Crippen molar-refractivity contribution in [1.29, 1.82) is 0 Å². The van der Waals surface area contributed by atoms with Gasteiger partial charge in [-0.25, -0.2) is 4.68 Å². The molecule has 2 aromatic rings. The second kappa shape index (κ2) is 6.70. The zero-order valence-corrected chi connectivity index (χ0v) is 14.6. The van der Waals surface area contributed by atoms with Gasteiger partial charge in [0.05, 0.1) is 17.6 Å². The molecule has 2 N–H and O–H groups in total. The quantitative estimate of drug-likeness (QED) is 0.875. The highest BCUT2D eigenvalue weighted by Crippen LogP contribution is 2.33. The minimum Gasteiger partial charge on any atom is -0.481 e. The Labute approximate surface area is 146 Å². The third-order valence-corrected chi connectivity index (χ3v) is 4.83. The molecule has 0 bridgehead atoms. The van der Waals surface area contributed by atoms with E-state index < -0.39 is 11.5 Å². The molecule has 1 aromatic heterocycles. The van der Waals surface area contributed by atoms with Gasteiger partial charge in [0.15, 0.2) is 5.69 Å². The predicted octanol–water partition coefficient (Wildman–Crippen LogP) is 3.01. The summed E-state index contributed by atoms with van der Waals surface area (Å²) >= 11 is 0. The van der Waals surface area contributed by atoms with Crippen molar-refractivity contribution >= 4 is 11.9 Å². The van der Waals surface area contributed by atoms with Gasteiger partial charge in [0, 0.05) is 5.69 Å². The van der Waals surface area contributed by atoms with E-state index in [0.717, 1.165) is 29.8 Å². The van der Waals surface area contributed by atoms with Gasteiger partial charge in [0.1, 0.15) is 0 Å². The Balaban J connectivity index is 1.82. The van der Waals surface area contributed by atoms with Crippen molar-refractivity contribution in [2.24, 2.45) is 0 Å². The summed E-state index contributed by atoms with van der Waals surface area (Å²) in [5.41, 5.74) is 2.57. The maximum absolute atomic E-state index is 12.7. The van der Waals surface area contributed by atoms with Crippen molar-refractivity contribution in [2.45, 2.75) is 51.5 Å². The van der Waals surface area contributed by atoms with Gasteiger partial charge in [-0.1, -0.05) is 30.5 Å². The van der Waals surface area contributed by atoms with E-state index in [1.165, 1.54) is 0 Å². The minimum atomic E-state index is -0.886. The minimum absolute atomic E-state index is 0.0452. The van der Waals surface area contributed by atoms with E-state index in [-0.39, 0.29) is 12.3 Å². The van der Waals surface area contributed by atoms with E-state index in [9.17, 15) is 14.7 Å². The molecule has 6 nitrogen and oxygen atoms in total. The summed E-state index contributed by atoms with van der Waals surface area (Å²) in [6.07, 6.45) is 3.22. The number of amides is 1. The number of aliphatic carboxylic acids is 1. The normalized spacial score (nSPS) is 15.9. The van der Waals surface area contributed by atoms with Crippen LogP contribution in [0.25, 0.3) is 5.69 Å². The van der Waals surface area contributed by atoms with Crippen LogP contribution in [0.15, 0.2) is 30.3 Å². The van der Waals surface area contributed by atoms with E-state index in [1.807, 2.05) is 38.1 Å². The van der Waals surface area contributed by atoms with Crippen molar-refractivity contribution in [3.63, 3.8) is 0 Å². The van der Waals surface area contributed by atoms with E-state index in [0.29, 0.717) is 18.5 Å². The monoisotopic (exact) mass is 341 g/mol. The first kappa shape index (κ1) is 17.2. The maximum atomic E-state index is 12.7. The summed E-state index contributed by atoms with van der Waals surface area (Å²) in [7, 11) is 0. The number of rotatable bonds is 5. The molecule has 1 heterocycles. The summed E-state index contributed by atoms with van der Waals surface area (Å²) in [4.78, 5) is 23.8. The number of nitrogens with zero attached hydrogens (tertiary/aromatic N) is 2. The summed E-state index contributed by atoms with van der Waals surface area (Å²) in [6, 6.07) is 9.64. The molecule has 0 saturated heterocycles. The third kappa shape index (κ3) is 3.73. The number of aromatic nitrogens is 2. The van der Waals surface area contributed by atoms with Crippen LogP contribution >= 0.6 is 0 Å². The molecule has 1 aliphatic carbocycles. The molecule has 1 aliphatic rings. The summed E-state index contributed by atoms with van der Waals surface area (Å²) < 4.78 is 1.73. The number of carboxylic acids is 1. The fourth-order valence-corrected chi connectivity index (χ4v) is 3.52. The largest absolute Gasteiger partial charge is 0.481 e. The topological polar surface area (TPSA) is 84.2 Å². The van der Waals surface area contributed by atoms with E-state index in [1.54, 1.807) is 10.7 Å². The number of hydrogen-bond acceptors (Lipinski definition) is 3. The first-order valence-electron chi connectivity index (χ1n) is 8.57. The lowest BCUT2D eigenvalue weighted by molar-refractivity contribution is -0.138. The second-order valence-corrected chi connectivity index (χ2v) is 6.93. The molecule has 0 aliphatic heterocycles. The number of aryl methyl sites for hydroxylation is 2. The highest BCUT2D eigenvalue weighted by atomic mass is 16.4. The van der Waals surface area contributed by atoms with Crippen molar-refractivity contribution in [3.05, 3.63) is 47.3 Å². The Hall–Kier alpha value is -2.63. The molecule has 1 saturated carbocycles. The van der Waals surface area contributed by atoms with Gasteiger partial charge in [0.25, 0.3) is 5.91 Å². The fourth-order valence-electron chi connectivity index (χ4n) is 3.52. The molecule has 1 aromatic carbocycles. The molecule has 6 heteroatoms. The van der Waals surface area contributed by atoms with E-state index in [4.69, 9.17) is 0 Å². The summed E-state index contributed by atoms with van der Waals surface area (Å²) in [5, 5.41) is 16.5. The van der Waals surface area contributed by atoms with Crippen LogP contribution in [0, 0.1) is 13.8 Å². The first-order chi connectivity index (χ1) is 11.9. The van der Waals surface area contributed by atoms with Crippen molar-refractivity contribution in [2.75, 3.05) is 0 Å². The van der Waals surface area contributed by atoms with Crippen molar-refractivity contribution in [3.8, 4) is 5.69 Å². The Kier molecular flexibility index (Phi) is 4.61. The number of hydrogen-bond donors (Lipinski definition) is 2. The zero-order chi connectivity index (χ0) is 18.0. The van der Waals surface area contributed by atoms with Gasteiger partial charge in [-0.2, -0.15) is 5.10 Å². The Morgan fingerprint density at radius 3 is 2.44 bits per heavy atom. The number of benzene rings is 1. The standard InChI is InChI=1S/C19H23N3O3/c1-13-5-7-15(8-6-13)22-14(2)11-16(21-22)18(25)20-19(12-17(23)24)9-3-4-10-19/h5-8,11H,3-4,9-10,12H2,1-2H3,(H,20,25)(H,23,24). The van der Waals surface area contributed by atoms with Crippen LogP contribution in [0.2, 0.25) is 0 Å².